The summed E-state index contributed by atoms with van der Waals surface area (Å²) in [5.41, 5.74) is -2.90. The minimum absolute atomic E-state index is 0.00613. The summed E-state index contributed by atoms with van der Waals surface area (Å²) in [5.74, 6) is -1.33. The molecule has 37 unspecified atom stereocenters. The molecule has 0 radical (unpaired) electrons. The highest BCUT2D eigenvalue weighted by Gasteiger charge is 2.72. The molecule has 0 spiro atoms. The SMILES string of the molecule is CC1OC(OC2C(O)C(OC3CCC4(C)C(CCC5(C)C4CC=C4C6CC(C)(C)CCC6(C(=O)OC6OCC(O)C(O)C6OC6OC(C)C(OC7OC(CO)C(O)C(O)C7O)C(O)C6O)C(O)CC45C)C3(C)C)OC(CO)C2OC2OCC(O)C(O)C2O)C(O)C(O)C1O. The van der Waals surface area contributed by atoms with E-state index >= 15 is 4.79 Å². The smallest absolute Gasteiger partial charge is 0.317 e. The lowest BCUT2D eigenvalue weighted by Gasteiger charge is -2.71. The van der Waals surface area contributed by atoms with E-state index in [0.29, 0.717) is 44.9 Å². The van der Waals surface area contributed by atoms with E-state index in [1.165, 1.54) is 13.8 Å². The van der Waals surface area contributed by atoms with Crippen LogP contribution in [0.5, 0.6) is 0 Å². The minimum Gasteiger partial charge on any atom is -0.432 e. The second kappa shape index (κ2) is 27.1. The average molecular weight is 1350 g/mol. The van der Waals surface area contributed by atoms with E-state index in [0.717, 1.165) is 5.57 Å². The maximum atomic E-state index is 15.5. The van der Waals surface area contributed by atoms with E-state index in [2.05, 4.69) is 54.5 Å². The van der Waals surface area contributed by atoms with Gasteiger partial charge in [-0.25, -0.2) is 0 Å². The van der Waals surface area contributed by atoms with Gasteiger partial charge < -0.3 is 144 Å². The van der Waals surface area contributed by atoms with Gasteiger partial charge in [-0.15, -0.1) is 0 Å². The van der Waals surface area contributed by atoms with Gasteiger partial charge in [0.25, 0.3) is 0 Å². The Kier molecular flexibility index (Phi) is 21.2. The van der Waals surface area contributed by atoms with Crippen LogP contribution in [0, 0.1) is 50.2 Å². The van der Waals surface area contributed by atoms with Crippen LogP contribution in [-0.2, 0) is 61.6 Å². The zero-order valence-corrected chi connectivity index (χ0v) is 54.7. The number of rotatable bonds is 14. The fourth-order valence-electron chi connectivity index (χ4n) is 18.9. The van der Waals surface area contributed by atoms with Crippen LogP contribution in [0.15, 0.2) is 11.6 Å². The van der Waals surface area contributed by atoms with Gasteiger partial charge in [0.1, 0.15) is 121 Å². The van der Waals surface area contributed by atoms with Crippen LogP contribution in [0.1, 0.15) is 120 Å². The van der Waals surface area contributed by atoms with Gasteiger partial charge in [-0.05, 0) is 116 Å². The molecule has 5 aliphatic carbocycles. The predicted octanol–water partition coefficient (Wildman–Crippen LogP) is -4.08. The predicted molar refractivity (Wildman–Crippen MR) is 315 cm³/mol. The van der Waals surface area contributed by atoms with E-state index in [9.17, 15) is 86.8 Å². The van der Waals surface area contributed by atoms with Crippen molar-refractivity contribution in [1.29, 1.82) is 0 Å². The first-order valence-electron chi connectivity index (χ1n) is 33.5. The first kappa shape index (κ1) is 73.3. The molecule has 0 aromatic rings. The number of aliphatic hydroxyl groups is 17. The third-order valence-electron chi connectivity index (χ3n) is 24.8. The van der Waals surface area contributed by atoms with Gasteiger partial charge in [-0.1, -0.05) is 60.1 Å². The van der Waals surface area contributed by atoms with E-state index in [1.54, 1.807) is 0 Å². The van der Waals surface area contributed by atoms with Crippen molar-refractivity contribution in [3.05, 3.63) is 11.6 Å². The average Bonchev–Trinajstić information content (AvgIpc) is 0.672. The van der Waals surface area contributed by atoms with Crippen LogP contribution in [0.3, 0.4) is 0 Å². The highest BCUT2D eigenvalue weighted by Crippen LogP contribution is 2.76. The number of carbonyl (C=O) groups excluding carboxylic acids is 1. The molecule has 30 heteroatoms. The molecule has 10 fully saturated rings. The maximum Gasteiger partial charge on any atom is 0.317 e. The largest absolute Gasteiger partial charge is 0.432 e. The molecule has 11 rings (SSSR count). The Morgan fingerprint density at radius 2 is 1.03 bits per heavy atom. The van der Waals surface area contributed by atoms with Gasteiger partial charge >= 0.3 is 5.97 Å². The molecule has 94 heavy (non-hydrogen) atoms. The van der Waals surface area contributed by atoms with Crippen LogP contribution >= 0.6 is 0 Å². The van der Waals surface area contributed by atoms with Crippen molar-refractivity contribution < 1.29 is 148 Å². The van der Waals surface area contributed by atoms with Crippen LogP contribution in [0.25, 0.3) is 0 Å². The van der Waals surface area contributed by atoms with Crippen LogP contribution in [-0.4, -0.2) is 303 Å². The monoisotopic (exact) mass is 1350 g/mol. The lowest BCUT2D eigenvalue weighted by Crippen LogP contribution is -2.69. The van der Waals surface area contributed by atoms with Crippen molar-refractivity contribution in [1.82, 2.24) is 0 Å². The number of esters is 1. The number of allylic oxidation sites excluding steroid dienone is 2. The topological polar surface area (TPSA) is 472 Å². The van der Waals surface area contributed by atoms with Gasteiger partial charge in [0.05, 0.1) is 50.8 Å². The number of carbonyl (C=O) groups is 1. The molecule has 0 aromatic heterocycles. The highest BCUT2D eigenvalue weighted by molar-refractivity contribution is 5.80. The normalized spacial score (nSPS) is 55.0. The number of aliphatic hydroxyl groups excluding tert-OH is 17. The van der Waals surface area contributed by atoms with E-state index in [-0.39, 0.29) is 35.5 Å². The fraction of sp³-hybridized carbons (Fsp3) is 0.953. The molecule has 0 amide bonds. The number of hydrogen-bond donors (Lipinski definition) is 17. The number of fused-ring (bicyclic) bond motifs is 7. The third-order valence-corrected chi connectivity index (χ3v) is 24.8. The highest BCUT2D eigenvalue weighted by atomic mass is 16.8. The second-order valence-electron chi connectivity index (χ2n) is 31.1. The molecule has 30 nitrogen and oxygen atoms in total. The van der Waals surface area contributed by atoms with Crippen molar-refractivity contribution in [2.45, 2.75) is 304 Å². The first-order chi connectivity index (χ1) is 44.0. The summed E-state index contributed by atoms with van der Waals surface area (Å²) in [6, 6.07) is 0. The Bertz CT molecular complexity index is 2660. The summed E-state index contributed by atoms with van der Waals surface area (Å²) < 4.78 is 72.4. The van der Waals surface area contributed by atoms with Gasteiger partial charge in [0.2, 0.25) is 6.29 Å². The van der Waals surface area contributed by atoms with Crippen LogP contribution in [0.4, 0.5) is 0 Å². The molecular formula is C64H104O30. The molecule has 6 heterocycles. The standard InChI is InChI=1S/C64H104O30/c1-24-36(70)40(74)44(78)53(85-24)92-50-47(81)56(88-31(21-66)49(50)91-52-43(77)37(71)28(67)22-83-52)89-35-13-14-61(7)32(60(35,5)6)12-15-62(8)33(61)11-10-26-27-18-59(3,4)16-17-64(27,34(69)19-63(26,62)9)58(82)94-57-51(38(72)29(68)23-84-57)93-54-46(80)42(76)48(25(2)86-54)90-55-45(79)41(75)39(73)30(20-65)87-55/h10,24-25,27-57,65-81H,11-23H2,1-9H3. The van der Waals surface area contributed by atoms with Crippen molar-refractivity contribution in [3.63, 3.8) is 0 Å². The number of ether oxygens (including phenoxy) is 12. The van der Waals surface area contributed by atoms with Crippen molar-refractivity contribution in [2.75, 3.05) is 26.4 Å². The minimum atomic E-state index is -1.96. The summed E-state index contributed by atoms with van der Waals surface area (Å²) in [6.07, 6.45) is -40.6. The summed E-state index contributed by atoms with van der Waals surface area (Å²) in [7, 11) is 0. The van der Waals surface area contributed by atoms with Crippen LogP contribution in [0.2, 0.25) is 0 Å². The zero-order valence-electron chi connectivity index (χ0n) is 54.7. The zero-order chi connectivity index (χ0) is 68.6. The van der Waals surface area contributed by atoms with Gasteiger partial charge in [-0.3, -0.25) is 4.79 Å². The second-order valence-corrected chi connectivity index (χ2v) is 31.1. The Balaban J connectivity index is 0.811. The Morgan fingerprint density at radius 1 is 0.489 bits per heavy atom. The van der Waals surface area contributed by atoms with Crippen molar-refractivity contribution in [3.8, 4) is 0 Å². The quantitative estimate of drug-likeness (QED) is 0.0447. The van der Waals surface area contributed by atoms with Gasteiger partial charge in [0.15, 0.2) is 37.6 Å². The molecule has 0 bridgehead atoms. The summed E-state index contributed by atoms with van der Waals surface area (Å²) >= 11 is 0. The van der Waals surface area contributed by atoms with E-state index in [1.807, 2.05) is 0 Å². The summed E-state index contributed by atoms with van der Waals surface area (Å²) in [6.45, 7) is 15.7. The molecule has 11 aliphatic rings. The lowest BCUT2D eigenvalue weighted by molar-refractivity contribution is -0.388. The number of hydrogen-bond acceptors (Lipinski definition) is 30. The first-order valence-corrected chi connectivity index (χ1v) is 33.5. The molecule has 17 N–H and O–H groups in total. The molecule has 37 atom stereocenters. The maximum absolute atomic E-state index is 15.5. The van der Waals surface area contributed by atoms with Gasteiger partial charge in [-0.2, -0.15) is 0 Å². The molecule has 0 aromatic carbocycles. The Hall–Kier alpha value is -1.91. The Labute approximate surface area is 545 Å². The van der Waals surface area contributed by atoms with Crippen molar-refractivity contribution >= 4 is 5.97 Å². The summed E-state index contributed by atoms with van der Waals surface area (Å²) in [4.78, 5) is 15.5. The fourth-order valence-corrected chi connectivity index (χ4v) is 18.9. The molecule has 540 valence electrons. The van der Waals surface area contributed by atoms with Crippen LogP contribution < -0.4 is 0 Å². The molecule has 4 saturated carbocycles. The Morgan fingerprint density at radius 3 is 1.69 bits per heavy atom. The molecule has 6 aliphatic heterocycles. The lowest BCUT2D eigenvalue weighted by atomic mass is 9.33. The summed E-state index contributed by atoms with van der Waals surface area (Å²) in [5, 5.41) is 187. The van der Waals surface area contributed by atoms with E-state index in [4.69, 9.17) is 56.8 Å². The third kappa shape index (κ3) is 12.3. The molecular weight excluding hydrogens is 1250 g/mol. The van der Waals surface area contributed by atoms with E-state index < -0.39 is 244 Å². The molecule has 6 saturated heterocycles. The van der Waals surface area contributed by atoms with Crippen molar-refractivity contribution in [2.24, 2.45) is 50.2 Å². The van der Waals surface area contributed by atoms with Gasteiger partial charge in [0, 0.05) is 0 Å².